The third-order valence-corrected chi connectivity index (χ3v) is 3.80. The van der Waals surface area contributed by atoms with Gasteiger partial charge in [-0.1, -0.05) is 12.5 Å². The van der Waals surface area contributed by atoms with Gasteiger partial charge in [0.2, 0.25) is 0 Å². The lowest BCUT2D eigenvalue weighted by Gasteiger charge is -2.26. The van der Waals surface area contributed by atoms with Crippen LogP contribution in [0.25, 0.3) is 5.52 Å². The Morgan fingerprint density at radius 2 is 1.82 bits per heavy atom. The largest absolute Gasteiger partial charge is 0.324 e. The van der Waals surface area contributed by atoms with Gasteiger partial charge in [-0.25, -0.2) is 0 Å². The molecule has 0 spiro atoms. The van der Waals surface area contributed by atoms with Crippen molar-refractivity contribution in [3.8, 4) is 0 Å². The Labute approximate surface area is 103 Å². The van der Waals surface area contributed by atoms with Crippen LogP contribution < -0.4 is 0 Å². The van der Waals surface area contributed by atoms with Gasteiger partial charge in [0.25, 0.3) is 0 Å². The summed E-state index contributed by atoms with van der Waals surface area (Å²) in [4.78, 5) is 2.61. The highest BCUT2D eigenvalue weighted by Gasteiger charge is 2.10. The summed E-state index contributed by atoms with van der Waals surface area (Å²) in [7, 11) is 0. The van der Waals surface area contributed by atoms with Crippen molar-refractivity contribution < 1.29 is 0 Å². The molecule has 1 aliphatic rings. The fraction of sp³-hybridized carbons (Fsp3) is 0.467. The highest BCUT2D eigenvalue weighted by atomic mass is 15.1. The van der Waals surface area contributed by atoms with Crippen molar-refractivity contribution in [3.63, 3.8) is 0 Å². The molecule has 0 aromatic carbocycles. The average Bonchev–Trinajstić information content (AvgIpc) is 2.81. The minimum Gasteiger partial charge on any atom is -0.324 e. The van der Waals surface area contributed by atoms with Gasteiger partial charge in [-0.2, -0.15) is 0 Å². The summed E-state index contributed by atoms with van der Waals surface area (Å²) in [5.41, 5.74) is 2.85. The third-order valence-electron chi connectivity index (χ3n) is 3.80. The van der Waals surface area contributed by atoms with Crippen molar-refractivity contribution in [3.05, 3.63) is 42.2 Å². The van der Waals surface area contributed by atoms with Gasteiger partial charge in [0.1, 0.15) is 0 Å². The molecule has 2 aromatic heterocycles. The molecule has 0 bridgehead atoms. The molecule has 90 valence electrons. The van der Waals surface area contributed by atoms with E-state index in [1.54, 1.807) is 0 Å². The van der Waals surface area contributed by atoms with Gasteiger partial charge in [0.15, 0.2) is 0 Å². The van der Waals surface area contributed by atoms with E-state index in [2.05, 4.69) is 46.0 Å². The van der Waals surface area contributed by atoms with Gasteiger partial charge in [0.05, 0.1) is 0 Å². The first kappa shape index (κ1) is 10.8. The van der Waals surface area contributed by atoms with Gasteiger partial charge < -0.3 is 9.30 Å². The van der Waals surface area contributed by atoms with Gasteiger partial charge in [0, 0.05) is 24.5 Å². The summed E-state index contributed by atoms with van der Waals surface area (Å²) >= 11 is 0. The van der Waals surface area contributed by atoms with Crippen LogP contribution in [0.5, 0.6) is 0 Å². The van der Waals surface area contributed by atoms with Crippen LogP contribution in [0.4, 0.5) is 0 Å². The third kappa shape index (κ3) is 2.37. The standard InChI is InChI=1S/C15H20N2/c1-3-9-16(10-4-1)12-7-14-8-13-17-11-5-2-6-15(14)17/h2,5-6,8,11,13H,1,3-4,7,9-10,12H2. The number of fused-ring (bicyclic) bond motifs is 1. The number of aromatic nitrogens is 1. The van der Waals surface area contributed by atoms with E-state index < -0.39 is 0 Å². The van der Waals surface area contributed by atoms with E-state index in [0.717, 1.165) is 0 Å². The van der Waals surface area contributed by atoms with Crippen molar-refractivity contribution in [1.29, 1.82) is 0 Å². The predicted octanol–water partition coefficient (Wildman–Crippen LogP) is 2.97. The van der Waals surface area contributed by atoms with Crippen molar-refractivity contribution in [2.75, 3.05) is 19.6 Å². The average molecular weight is 228 g/mol. The molecule has 0 N–H and O–H groups in total. The zero-order valence-corrected chi connectivity index (χ0v) is 10.3. The lowest BCUT2D eigenvalue weighted by Crippen LogP contribution is -2.31. The maximum absolute atomic E-state index is 2.61. The smallest absolute Gasteiger partial charge is 0.0482 e. The summed E-state index contributed by atoms with van der Waals surface area (Å²) in [5, 5.41) is 0. The Balaban J connectivity index is 1.68. The Morgan fingerprint density at radius 3 is 2.71 bits per heavy atom. The summed E-state index contributed by atoms with van der Waals surface area (Å²) < 4.78 is 2.21. The Kier molecular flexibility index (Phi) is 3.14. The van der Waals surface area contributed by atoms with Crippen LogP contribution in [0.3, 0.4) is 0 Å². The summed E-state index contributed by atoms with van der Waals surface area (Å²) in [6, 6.07) is 8.69. The zero-order valence-electron chi connectivity index (χ0n) is 10.3. The molecule has 3 rings (SSSR count). The van der Waals surface area contributed by atoms with Gasteiger partial charge in [-0.15, -0.1) is 0 Å². The molecule has 1 aliphatic heterocycles. The van der Waals surface area contributed by atoms with Crippen LogP contribution in [0, 0.1) is 0 Å². The zero-order chi connectivity index (χ0) is 11.5. The van der Waals surface area contributed by atoms with Gasteiger partial charge in [-0.05, 0) is 56.1 Å². The second-order valence-corrected chi connectivity index (χ2v) is 4.99. The Hall–Kier alpha value is -1.28. The van der Waals surface area contributed by atoms with Crippen molar-refractivity contribution in [2.24, 2.45) is 0 Å². The second-order valence-electron chi connectivity index (χ2n) is 4.99. The molecule has 2 aromatic rings. The quantitative estimate of drug-likeness (QED) is 0.783. The van der Waals surface area contributed by atoms with Crippen LogP contribution >= 0.6 is 0 Å². The molecule has 2 nitrogen and oxygen atoms in total. The molecule has 17 heavy (non-hydrogen) atoms. The molecular weight excluding hydrogens is 208 g/mol. The molecule has 1 saturated heterocycles. The molecule has 0 radical (unpaired) electrons. The lowest BCUT2D eigenvalue weighted by atomic mass is 10.1. The monoisotopic (exact) mass is 228 g/mol. The van der Waals surface area contributed by atoms with Crippen LogP contribution in [0.2, 0.25) is 0 Å². The Morgan fingerprint density at radius 1 is 0.941 bits per heavy atom. The number of likely N-dealkylation sites (tertiary alicyclic amines) is 1. The van der Waals surface area contributed by atoms with Crippen molar-refractivity contribution >= 4 is 5.52 Å². The normalized spacial score (nSPS) is 17.6. The molecule has 2 heteroatoms. The van der Waals surface area contributed by atoms with E-state index in [0.29, 0.717) is 0 Å². The molecule has 0 aliphatic carbocycles. The van der Waals surface area contributed by atoms with Crippen LogP contribution in [-0.4, -0.2) is 28.9 Å². The SMILES string of the molecule is c1ccn2ccc(CCN3CCCCC3)c2c1. The van der Waals surface area contributed by atoms with E-state index in [1.807, 2.05) is 0 Å². The van der Waals surface area contributed by atoms with Gasteiger partial charge in [-0.3, -0.25) is 0 Å². The van der Waals surface area contributed by atoms with Crippen molar-refractivity contribution in [2.45, 2.75) is 25.7 Å². The first-order valence-corrected chi connectivity index (χ1v) is 6.70. The summed E-state index contributed by atoms with van der Waals surface area (Å²) in [5.74, 6) is 0. The topological polar surface area (TPSA) is 7.65 Å². The number of rotatable bonds is 3. The van der Waals surface area contributed by atoms with Crippen LogP contribution in [-0.2, 0) is 6.42 Å². The van der Waals surface area contributed by atoms with E-state index in [9.17, 15) is 0 Å². The number of piperidine rings is 1. The first-order valence-electron chi connectivity index (χ1n) is 6.70. The van der Waals surface area contributed by atoms with E-state index in [1.165, 1.54) is 56.4 Å². The highest BCUT2D eigenvalue weighted by molar-refractivity contribution is 5.55. The van der Waals surface area contributed by atoms with Crippen LogP contribution in [0.1, 0.15) is 24.8 Å². The van der Waals surface area contributed by atoms with E-state index >= 15 is 0 Å². The minimum atomic E-state index is 1.18. The Bertz CT molecular complexity index is 480. The molecule has 1 fully saturated rings. The van der Waals surface area contributed by atoms with E-state index in [4.69, 9.17) is 0 Å². The summed E-state index contributed by atoms with van der Waals surface area (Å²) in [6.45, 7) is 3.81. The maximum Gasteiger partial charge on any atom is 0.0482 e. The number of hydrogen-bond acceptors (Lipinski definition) is 1. The first-order chi connectivity index (χ1) is 8.43. The number of nitrogens with zero attached hydrogens (tertiary/aromatic N) is 2. The maximum atomic E-state index is 2.61. The number of pyridine rings is 1. The lowest BCUT2D eigenvalue weighted by molar-refractivity contribution is 0.231. The molecular formula is C15H20N2. The van der Waals surface area contributed by atoms with Gasteiger partial charge >= 0.3 is 0 Å². The molecule has 0 saturated carbocycles. The van der Waals surface area contributed by atoms with Crippen molar-refractivity contribution in [1.82, 2.24) is 9.30 Å². The van der Waals surface area contributed by atoms with Crippen LogP contribution in [0.15, 0.2) is 36.7 Å². The predicted molar refractivity (Wildman–Crippen MR) is 71.4 cm³/mol. The van der Waals surface area contributed by atoms with E-state index in [-0.39, 0.29) is 0 Å². The second kappa shape index (κ2) is 4.92. The molecule has 3 heterocycles. The fourth-order valence-electron chi connectivity index (χ4n) is 2.79. The molecule has 0 amide bonds. The fourth-order valence-corrected chi connectivity index (χ4v) is 2.79. The minimum absolute atomic E-state index is 1.18. The molecule has 0 atom stereocenters. The summed E-state index contributed by atoms with van der Waals surface area (Å²) in [6.07, 6.45) is 9.67. The molecule has 0 unspecified atom stereocenters. The number of hydrogen-bond donors (Lipinski definition) is 0. The highest BCUT2D eigenvalue weighted by Crippen LogP contribution is 2.15.